The number of esters is 1. The van der Waals surface area contributed by atoms with Crippen molar-refractivity contribution in [2.24, 2.45) is 0 Å². The van der Waals surface area contributed by atoms with Gasteiger partial charge in [-0.05, 0) is 29.9 Å². The first-order valence-electron chi connectivity index (χ1n) is 11.2. The van der Waals surface area contributed by atoms with Gasteiger partial charge in [0.25, 0.3) is 0 Å². The lowest BCUT2D eigenvalue weighted by molar-refractivity contribution is -0.186. The Kier molecular flexibility index (Phi) is 8.67. The standard InChI is InChI=1S/C24H34N2O6/c1-15(2)23-20(11-17-9-7-16(8-10-17)5-4-6-21(29)30-3)24(26-25-23)32-22-13-18(28)12-19(14-27)31-22/h7-10,15,18-19,22,27-28H,4-6,11-14H2,1-3H3,(H,25,26). The van der Waals surface area contributed by atoms with Crippen molar-refractivity contribution in [3.8, 4) is 5.88 Å². The van der Waals surface area contributed by atoms with Gasteiger partial charge in [-0.15, -0.1) is 5.10 Å². The molecule has 3 atom stereocenters. The number of H-pyrrole nitrogens is 1. The molecule has 0 radical (unpaired) electrons. The van der Waals surface area contributed by atoms with Crippen LogP contribution >= 0.6 is 0 Å². The molecule has 32 heavy (non-hydrogen) atoms. The molecule has 176 valence electrons. The second-order valence-electron chi connectivity index (χ2n) is 8.61. The van der Waals surface area contributed by atoms with Gasteiger partial charge in [-0.3, -0.25) is 9.89 Å². The van der Waals surface area contributed by atoms with Crippen LogP contribution in [0.4, 0.5) is 0 Å². The van der Waals surface area contributed by atoms with Crippen LogP contribution in [0.25, 0.3) is 0 Å². The Balaban J connectivity index is 1.69. The number of nitrogens with zero attached hydrogens (tertiary/aromatic N) is 1. The van der Waals surface area contributed by atoms with Gasteiger partial charge in [0.2, 0.25) is 12.2 Å². The van der Waals surface area contributed by atoms with Gasteiger partial charge in [-0.2, -0.15) is 0 Å². The molecule has 1 fully saturated rings. The predicted octanol–water partition coefficient (Wildman–Crippen LogP) is 2.86. The summed E-state index contributed by atoms with van der Waals surface area (Å²) in [5.74, 6) is 0.511. The fourth-order valence-corrected chi connectivity index (χ4v) is 3.94. The highest BCUT2D eigenvalue weighted by Crippen LogP contribution is 2.30. The van der Waals surface area contributed by atoms with Gasteiger partial charge in [0.05, 0.1) is 25.9 Å². The second-order valence-corrected chi connectivity index (χ2v) is 8.61. The van der Waals surface area contributed by atoms with Crippen molar-refractivity contribution in [2.45, 2.75) is 76.8 Å². The summed E-state index contributed by atoms with van der Waals surface area (Å²) in [4.78, 5) is 11.3. The molecule has 0 bridgehead atoms. The summed E-state index contributed by atoms with van der Waals surface area (Å²) in [6, 6.07) is 8.32. The van der Waals surface area contributed by atoms with E-state index in [9.17, 15) is 15.0 Å². The molecule has 0 amide bonds. The molecule has 8 heteroatoms. The SMILES string of the molecule is COC(=O)CCCc1ccc(Cc2c(OC3CC(O)CC(CO)O3)n[nH]c2C(C)C)cc1. The molecular weight excluding hydrogens is 412 g/mol. The Morgan fingerprint density at radius 3 is 2.62 bits per heavy atom. The molecule has 8 nitrogen and oxygen atoms in total. The van der Waals surface area contributed by atoms with Crippen LogP contribution in [0.3, 0.4) is 0 Å². The van der Waals surface area contributed by atoms with Crippen molar-refractivity contribution < 1.29 is 29.2 Å². The third kappa shape index (κ3) is 6.54. The smallest absolute Gasteiger partial charge is 0.305 e. The minimum atomic E-state index is -0.657. The van der Waals surface area contributed by atoms with E-state index in [0.29, 0.717) is 31.6 Å². The predicted molar refractivity (Wildman–Crippen MR) is 118 cm³/mol. The first kappa shape index (κ1) is 24.2. The normalized spacial score (nSPS) is 21.0. The number of aryl methyl sites for hydroxylation is 1. The highest BCUT2D eigenvalue weighted by molar-refractivity contribution is 5.69. The third-order valence-electron chi connectivity index (χ3n) is 5.71. The average Bonchev–Trinajstić information content (AvgIpc) is 3.16. The van der Waals surface area contributed by atoms with Crippen molar-refractivity contribution >= 4 is 5.97 Å². The number of rotatable bonds is 10. The number of hydrogen-bond donors (Lipinski definition) is 3. The zero-order chi connectivity index (χ0) is 23.1. The molecule has 1 saturated heterocycles. The van der Waals surface area contributed by atoms with Crippen molar-refractivity contribution in [1.82, 2.24) is 10.2 Å². The Morgan fingerprint density at radius 1 is 1.25 bits per heavy atom. The number of methoxy groups -OCH3 is 1. The van der Waals surface area contributed by atoms with Gasteiger partial charge in [0.1, 0.15) is 0 Å². The van der Waals surface area contributed by atoms with Crippen molar-refractivity contribution in [3.63, 3.8) is 0 Å². The van der Waals surface area contributed by atoms with Crippen LogP contribution in [-0.2, 0) is 27.1 Å². The van der Waals surface area contributed by atoms with Crippen molar-refractivity contribution in [1.29, 1.82) is 0 Å². The molecule has 0 aliphatic carbocycles. The Hall–Kier alpha value is -2.42. The summed E-state index contributed by atoms with van der Waals surface area (Å²) in [7, 11) is 1.41. The summed E-state index contributed by atoms with van der Waals surface area (Å²) in [6.45, 7) is 4.02. The van der Waals surface area contributed by atoms with Gasteiger partial charge in [-0.1, -0.05) is 38.1 Å². The molecule has 1 aliphatic rings. The Labute approximate surface area is 188 Å². The van der Waals surface area contributed by atoms with E-state index in [1.54, 1.807) is 0 Å². The molecule has 0 saturated carbocycles. The van der Waals surface area contributed by atoms with Gasteiger partial charge in [-0.25, -0.2) is 0 Å². The van der Waals surface area contributed by atoms with E-state index in [2.05, 4.69) is 53.0 Å². The number of aromatic nitrogens is 2. The number of carbonyl (C=O) groups is 1. The van der Waals surface area contributed by atoms with Crippen LogP contribution in [0.2, 0.25) is 0 Å². The molecule has 3 N–H and O–H groups in total. The van der Waals surface area contributed by atoms with E-state index in [-0.39, 0.29) is 18.5 Å². The van der Waals surface area contributed by atoms with Crippen LogP contribution in [0, 0.1) is 0 Å². The van der Waals surface area contributed by atoms with Gasteiger partial charge in [0.15, 0.2) is 0 Å². The molecule has 2 aromatic rings. The first-order valence-corrected chi connectivity index (χ1v) is 11.2. The maximum atomic E-state index is 11.3. The lowest BCUT2D eigenvalue weighted by Crippen LogP contribution is -2.40. The van der Waals surface area contributed by atoms with Gasteiger partial charge in [0, 0.05) is 36.9 Å². The van der Waals surface area contributed by atoms with Crippen LogP contribution in [0.1, 0.15) is 67.8 Å². The van der Waals surface area contributed by atoms with Crippen molar-refractivity contribution in [3.05, 3.63) is 46.6 Å². The maximum Gasteiger partial charge on any atom is 0.305 e. The quantitative estimate of drug-likeness (QED) is 0.481. The summed E-state index contributed by atoms with van der Waals surface area (Å²) in [6.07, 6.45) is 1.68. The monoisotopic (exact) mass is 446 g/mol. The van der Waals surface area contributed by atoms with E-state index < -0.39 is 18.5 Å². The van der Waals surface area contributed by atoms with E-state index >= 15 is 0 Å². The number of aliphatic hydroxyl groups is 2. The summed E-state index contributed by atoms with van der Waals surface area (Å²) < 4.78 is 16.5. The number of nitrogens with one attached hydrogen (secondary N) is 1. The van der Waals surface area contributed by atoms with Crippen LogP contribution in [0.5, 0.6) is 5.88 Å². The summed E-state index contributed by atoms with van der Waals surface area (Å²) in [5.41, 5.74) is 4.25. The van der Waals surface area contributed by atoms with Crippen LogP contribution in [-0.4, -0.2) is 58.6 Å². The number of ether oxygens (including phenoxy) is 3. The lowest BCUT2D eigenvalue weighted by atomic mass is 9.98. The number of carbonyl (C=O) groups excluding carboxylic acids is 1. The van der Waals surface area contributed by atoms with Gasteiger partial charge >= 0.3 is 5.97 Å². The first-order chi connectivity index (χ1) is 15.4. The fourth-order valence-electron chi connectivity index (χ4n) is 3.94. The largest absolute Gasteiger partial charge is 0.469 e. The minimum Gasteiger partial charge on any atom is -0.469 e. The van der Waals surface area contributed by atoms with Crippen LogP contribution < -0.4 is 4.74 Å². The van der Waals surface area contributed by atoms with E-state index in [4.69, 9.17) is 9.47 Å². The van der Waals surface area contributed by atoms with Crippen LogP contribution in [0.15, 0.2) is 24.3 Å². The zero-order valence-electron chi connectivity index (χ0n) is 19.0. The van der Waals surface area contributed by atoms with E-state index in [0.717, 1.165) is 29.7 Å². The molecule has 3 rings (SSSR count). The Morgan fingerprint density at radius 2 is 1.97 bits per heavy atom. The lowest BCUT2D eigenvalue weighted by Gasteiger charge is -2.31. The molecule has 0 spiro atoms. The van der Waals surface area contributed by atoms with Gasteiger partial charge < -0.3 is 24.4 Å². The summed E-state index contributed by atoms with van der Waals surface area (Å²) in [5, 5.41) is 26.9. The molecule has 1 aromatic heterocycles. The summed E-state index contributed by atoms with van der Waals surface area (Å²) >= 11 is 0. The molecule has 3 unspecified atom stereocenters. The van der Waals surface area contributed by atoms with E-state index in [1.807, 2.05) is 0 Å². The third-order valence-corrected chi connectivity index (χ3v) is 5.71. The Bertz CT molecular complexity index is 864. The number of benzene rings is 1. The molecule has 2 heterocycles. The fraction of sp³-hybridized carbons (Fsp3) is 0.583. The molecule has 1 aromatic carbocycles. The topological polar surface area (TPSA) is 114 Å². The highest BCUT2D eigenvalue weighted by atomic mass is 16.7. The zero-order valence-corrected chi connectivity index (χ0v) is 19.0. The van der Waals surface area contributed by atoms with Crippen molar-refractivity contribution in [2.75, 3.05) is 13.7 Å². The second kappa shape index (κ2) is 11.4. The average molecular weight is 447 g/mol. The minimum absolute atomic E-state index is 0.159. The highest BCUT2D eigenvalue weighted by Gasteiger charge is 2.31. The molecule has 1 aliphatic heterocycles. The number of hydrogen-bond acceptors (Lipinski definition) is 7. The van der Waals surface area contributed by atoms with E-state index in [1.165, 1.54) is 12.7 Å². The molecular formula is C24H34N2O6. The number of aliphatic hydroxyl groups excluding tert-OH is 2. The maximum absolute atomic E-state index is 11.3. The number of aromatic amines is 1.